The van der Waals surface area contributed by atoms with E-state index in [1.54, 1.807) is 36.4 Å². The largest absolute Gasteiger partial charge is 0.478 e. The van der Waals surface area contributed by atoms with Crippen molar-refractivity contribution in [1.82, 2.24) is 19.4 Å². The number of carboxylic acids is 1. The van der Waals surface area contributed by atoms with E-state index in [0.29, 0.717) is 36.4 Å². The number of likely N-dealkylation sites (tertiary alicyclic amines) is 1. The van der Waals surface area contributed by atoms with Gasteiger partial charge < -0.3 is 19.1 Å². The Morgan fingerprint density at radius 2 is 2.09 bits per heavy atom. The van der Waals surface area contributed by atoms with Crippen molar-refractivity contribution in [3.8, 4) is 11.9 Å². The topological polar surface area (TPSA) is 114 Å². The van der Waals surface area contributed by atoms with E-state index in [-0.39, 0.29) is 29.3 Å². The maximum Gasteiger partial charge on any atom is 0.335 e. The number of rotatable bonds is 9. The van der Waals surface area contributed by atoms with E-state index in [1.807, 2.05) is 12.1 Å². The van der Waals surface area contributed by atoms with Gasteiger partial charge in [0.25, 0.3) is 0 Å². The van der Waals surface area contributed by atoms with Crippen LogP contribution in [0.3, 0.4) is 0 Å². The molecule has 3 fully saturated rings. The first-order valence-electron chi connectivity index (χ1n) is 14.7. The number of imidazole rings is 1. The van der Waals surface area contributed by atoms with Crippen molar-refractivity contribution in [3.63, 3.8) is 0 Å². The molecule has 4 heterocycles. The number of nitrogens with zero attached hydrogens (tertiary/aromatic N) is 5. The predicted molar refractivity (Wildman–Crippen MR) is 155 cm³/mol. The second kappa shape index (κ2) is 10.7. The van der Waals surface area contributed by atoms with Crippen molar-refractivity contribution < 1.29 is 23.8 Å². The van der Waals surface area contributed by atoms with Crippen LogP contribution >= 0.6 is 0 Å². The molecule has 220 valence electrons. The number of hydrogen-bond acceptors (Lipinski definition) is 7. The maximum absolute atomic E-state index is 14.3. The van der Waals surface area contributed by atoms with Crippen LogP contribution in [0, 0.1) is 29.0 Å². The lowest BCUT2D eigenvalue weighted by atomic mass is 9.90. The molecule has 1 aliphatic carbocycles. The van der Waals surface area contributed by atoms with Crippen LogP contribution in [-0.4, -0.2) is 56.3 Å². The minimum atomic E-state index is -0.948. The van der Waals surface area contributed by atoms with Crippen molar-refractivity contribution in [1.29, 1.82) is 5.26 Å². The number of carbonyl (C=O) groups is 1. The van der Waals surface area contributed by atoms with E-state index in [9.17, 15) is 14.3 Å². The molecule has 10 heteroatoms. The zero-order valence-electron chi connectivity index (χ0n) is 23.9. The van der Waals surface area contributed by atoms with Crippen LogP contribution in [0.1, 0.15) is 52.8 Å². The number of benzene rings is 2. The molecule has 2 aliphatic heterocycles. The summed E-state index contributed by atoms with van der Waals surface area (Å²) in [5, 5.41) is 18.5. The minimum Gasteiger partial charge on any atom is -0.478 e. The molecule has 2 saturated heterocycles. The summed E-state index contributed by atoms with van der Waals surface area (Å²) in [6.45, 7) is 6.21. The van der Waals surface area contributed by atoms with Crippen molar-refractivity contribution in [2.75, 3.05) is 19.7 Å². The van der Waals surface area contributed by atoms with Gasteiger partial charge in [0.2, 0.25) is 5.88 Å². The number of piperidine rings is 1. The molecule has 1 N–H and O–H groups in total. The van der Waals surface area contributed by atoms with Crippen LogP contribution in [0.2, 0.25) is 0 Å². The van der Waals surface area contributed by atoms with Gasteiger partial charge in [-0.1, -0.05) is 19.1 Å². The van der Waals surface area contributed by atoms with Crippen LogP contribution in [-0.2, 0) is 29.8 Å². The van der Waals surface area contributed by atoms with E-state index in [1.165, 1.54) is 6.07 Å². The highest BCUT2D eigenvalue weighted by atomic mass is 19.1. The van der Waals surface area contributed by atoms with Crippen LogP contribution < -0.4 is 4.74 Å². The van der Waals surface area contributed by atoms with Crippen LogP contribution in [0.4, 0.5) is 4.39 Å². The number of ether oxygens (including phenoxy) is 2. The smallest absolute Gasteiger partial charge is 0.335 e. The van der Waals surface area contributed by atoms with Gasteiger partial charge in [0, 0.05) is 30.2 Å². The van der Waals surface area contributed by atoms with Gasteiger partial charge >= 0.3 is 5.97 Å². The zero-order chi connectivity index (χ0) is 29.7. The van der Waals surface area contributed by atoms with E-state index in [2.05, 4.69) is 22.5 Å². The monoisotopic (exact) mass is 581 g/mol. The maximum atomic E-state index is 14.3. The summed E-state index contributed by atoms with van der Waals surface area (Å²) in [5.74, 6) is 0.868. The molecular formula is C33H32FN5O4. The molecule has 7 rings (SSSR count). The number of nitriles is 1. The standard InChI is InChI=1S/C33H32FN5O4/c1-20-25-17-38(18-30-36-27-8-7-22(32(40)41)14-28(27)39(30)16-24-9-12-42-24)11-10-33(20,25)29-3-2-4-31(37-29)43-19-23-6-5-21(15-35)13-26(23)34/h2-8,13-14,20,24-25H,9-12,16-19H2,1H3,(H,40,41)/t20-,24-,25+,33+/m0/s1. The van der Waals surface area contributed by atoms with Gasteiger partial charge in [0.1, 0.15) is 18.2 Å². The lowest BCUT2D eigenvalue weighted by molar-refractivity contribution is -0.0592. The summed E-state index contributed by atoms with van der Waals surface area (Å²) < 4.78 is 28.1. The Balaban J connectivity index is 1.06. The lowest BCUT2D eigenvalue weighted by Gasteiger charge is -2.32. The van der Waals surface area contributed by atoms with Crippen molar-refractivity contribution >= 4 is 17.0 Å². The van der Waals surface area contributed by atoms with Gasteiger partial charge in [0.05, 0.1) is 53.1 Å². The lowest BCUT2D eigenvalue weighted by Crippen LogP contribution is -2.37. The fourth-order valence-corrected chi connectivity index (χ4v) is 6.97. The van der Waals surface area contributed by atoms with E-state index in [4.69, 9.17) is 24.7 Å². The van der Waals surface area contributed by atoms with Gasteiger partial charge in [-0.3, -0.25) is 4.90 Å². The highest BCUT2D eigenvalue weighted by Crippen LogP contribution is 2.63. The molecule has 2 aromatic carbocycles. The molecule has 0 radical (unpaired) electrons. The van der Waals surface area contributed by atoms with Gasteiger partial charge in [-0.05, 0) is 67.6 Å². The molecule has 0 amide bonds. The first-order valence-corrected chi connectivity index (χ1v) is 14.7. The van der Waals surface area contributed by atoms with E-state index < -0.39 is 11.8 Å². The molecular weight excluding hydrogens is 549 g/mol. The third kappa shape index (κ3) is 4.92. The molecule has 0 bridgehead atoms. The number of aromatic nitrogens is 3. The van der Waals surface area contributed by atoms with Gasteiger partial charge in [-0.25, -0.2) is 19.2 Å². The fourth-order valence-electron chi connectivity index (χ4n) is 6.97. The molecule has 1 saturated carbocycles. The second-order valence-electron chi connectivity index (χ2n) is 11.9. The molecule has 3 aliphatic rings. The molecule has 0 unspecified atom stereocenters. The third-order valence-electron chi connectivity index (χ3n) is 9.64. The normalized spacial score (nSPS) is 24.6. The van der Waals surface area contributed by atoms with Crippen LogP contribution in [0.25, 0.3) is 11.0 Å². The number of hydrogen-bond donors (Lipinski definition) is 1. The van der Waals surface area contributed by atoms with Gasteiger partial charge in [-0.15, -0.1) is 0 Å². The molecule has 43 heavy (non-hydrogen) atoms. The molecule has 9 nitrogen and oxygen atoms in total. The molecule has 2 aromatic heterocycles. The van der Waals surface area contributed by atoms with Crippen molar-refractivity contribution in [3.05, 3.63) is 88.6 Å². The Morgan fingerprint density at radius 3 is 2.81 bits per heavy atom. The SMILES string of the molecule is C[C@H]1[C@H]2CN(Cc3nc4ccc(C(=O)O)cc4n3C[C@@H]3CCO3)CC[C@]21c1cccc(OCc2ccc(C#N)cc2F)n1. The summed E-state index contributed by atoms with van der Waals surface area (Å²) in [5.41, 5.74) is 3.53. The van der Waals surface area contributed by atoms with Crippen molar-refractivity contribution in [2.45, 2.75) is 51.0 Å². The van der Waals surface area contributed by atoms with Gasteiger partial charge in [0.15, 0.2) is 0 Å². The predicted octanol–water partition coefficient (Wildman–Crippen LogP) is 4.92. The second-order valence-corrected chi connectivity index (χ2v) is 11.9. The Bertz CT molecular complexity index is 1760. The summed E-state index contributed by atoms with van der Waals surface area (Å²) in [7, 11) is 0. The first kappa shape index (κ1) is 27.5. The number of carboxylic acid groups (broad SMARTS) is 1. The van der Waals surface area contributed by atoms with Crippen LogP contribution in [0.15, 0.2) is 54.6 Å². The third-order valence-corrected chi connectivity index (χ3v) is 9.64. The average molecular weight is 582 g/mol. The Labute approximate surface area is 248 Å². The Morgan fingerprint density at radius 1 is 1.23 bits per heavy atom. The first-order chi connectivity index (χ1) is 20.9. The average Bonchev–Trinajstić information content (AvgIpc) is 3.44. The summed E-state index contributed by atoms with van der Waals surface area (Å²) in [4.78, 5) is 23.9. The highest BCUT2D eigenvalue weighted by Gasteiger charge is 2.65. The Hall–Kier alpha value is -4.33. The van der Waals surface area contributed by atoms with E-state index >= 15 is 0 Å². The summed E-state index contributed by atoms with van der Waals surface area (Å²) in [6.07, 6.45) is 2.06. The minimum absolute atomic E-state index is 0.0220. The number of fused-ring (bicyclic) bond motifs is 2. The quantitative estimate of drug-likeness (QED) is 0.297. The van der Waals surface area contributed by atoms with Crippen LogP contribution in [0.5, 0.6) is 5.88 Å². The number of aromatic carboxylic acids is 1. The van der Waals surface area contributed by atoms with E-state index in [0.717, 1.165) is 55.1 Å². The highest BCUT2D eigenvalue weighted by molar-refractivity contribution is 5.92. The Kier molecular flexibility index (Phi) is 6.87. The number of halogens is 1. The molecule has 4 atom stereocenters. The molecule has 0 spiro atoms. The van der Waals surface area contributed by atoms with Gasteiger partial charge in [-0.2, -0.15) is 5.26 Å². The fraction of sp³-hybridized carbons (Fsp3) is 0.394. The zero-order valence-corrected chi connectivity index (χ0v) is 23.9. The number of pyridine rings is 1. The summed E-state index contributed by atoms with van der Waals surface area (Å²) >= 11 is 0. The summed E-state index contributed by atoms with van der Waals surface area (Å²) in [6, 6.07) is 17.2. The van der Waals surface area contributed by atoms with Crippen molar-refractivity contribution in [2.24, 2.45) is 11.8 Å². The molecule has 4 aromatic rings.